The average molecular weight is 423 g/mol. The van der Waals surface area contributed by atoms with Crippen LogP contribution >= 0.6 is 23.2 Å². The Morgan fingerprint density at radius 3 is 2.21 bits per heavy atom. The van der Waals surface area contributed by atoms with Crippen molar-refractivity contribution in [3.05, 3.63) is 94.2 Å². The third-order valence-electron chi connectivity index (χ3n) is 5.93. The number of pyridine rings is 1. The SMILES string of the molecule is O=C1[C@@H]2[C@H](c3ccncc3)[C@]2(Cc2ccccc2)C(=O)N1c1cc(Cl)cc(Cl)c1. The molecule has 0 unspecified atom stereocenters. The zero-order chi connectivity index (χ0) is 20.2. The van der Waals surface area contributed by atoms with Gasteiger partial charge in [0.25, 0.3) is 0 Å². The fourth-order valence-corrected chi connectivity index (χ4v) is 5.23. The van der Waals surface area contributed by atoms with E-state index in [9.17, 15) is 9.59 Å². The number of halogens is 2. The molecule has 1 saturated carbocycles. The Bertz CT molecular complexity index is 1100. The quantitative estimate of drug-likeness (QED) is 0.561. The summed E-state index contributed by atoms with van der Waals surface area (Å²) >= 11 is 12.2. The Labute approximate surface area is 178 Å². The highest BCUT2D eigenvalue weighted by Crippen LogP contribution is 2.71. The molecule has 1 aliphatic heterocycles. The molecule has 2 aromatic carbocycles. The van der Waals surface area contributed by atoms with E-state index in [0.29, 0.717) is 22.2 Å². The van der Waals surface area contributed by atoms with E-state index in [1.807, 2.05) is 42.5 Å². The van der Waals surface area contributed by atoms with Crippen LogP contribution in [-0.4, -0.2) is 16.8 Å². The first-order valence-electron chi connectivity index (χ1n) is 9.31. The van der Waals surface area contributed by atoms with Crippen molar-refractivity contribution in [3.63, 3.8) is 0 Å². The third-order valence-corrected chi connectivity index (χ3v) is 6.37. The first kappa shape index (κ1) is 18.3. The summed E-state index contributed by atoms with van der Waals surface area (Å²) < 4.78 is 0. The molecule has 3 atom stereocenters. The van der Waals surface area contributed by atoms with Crippen molar-refractivity contribution in [2.24, 2.45) is 11.3 Å². The van der Waals surface area contributed by atoms with E-state index in [0.717, 1.165) is 11.1 Å². The van der Waals surface area contributed by atoms with Crippen LogP contribution in [0, 0.1) is 11.3 Å². The summed E-state index contributed by atoms with van der Waals surface area (Å²) in [6, 6.07) is 18.4. The Morgan fingerprint density at radius 1 is 0.897 bits per heavy atom. The number of hydrogen-bond acceptors (Lipinski definition) is 3. The van der Waals surface area contributed by atoms with Gasteiger partial charge in [-0.3, -0.25) is 14.6 Å². The van der Waals surface area contributed by atoms with E-state index in [1.165, 1.54) is 4.90 Å². The third kappa shape index (κ3) is 2.78. The Hall–Kier alpha value is -2.69. The molecule has 0 radical (unpaired) electrons. The summed E-state index contributed by atoms with van der Waals surface area (Å²) in [5.74, 6) is -0.963. The number of imide groups is 1. The van der Waals surface area contributed by atoms with Gasteiger partial charge in [0, 0.05) is 28.4 Å². The molecule has 0 N–H and O–H groups in total. The number of nitrogens with zero attached hydrogens (tertiary/aromatic N) is 2. The zero-order valence-electron chi connectivity index (χ0n) is 15.3. The van der Waals surface area contributed by atoms with Crippen LogP contribution < -0.4 is 4.90 Å². The van der Waals surface area contributed by atoms with Gasteiger partial charge in [-0.1, -0.05) is 53.5 Å². The molecule has 144 valence electrons. The predicted octanol–water partition coefficient (Wildman–Crippen LogP) is 4.90. The second-order valence-corrected chi connectivity index (χ2v) is 8.42. The minimum Gasteiger partial charge on any atom is -0.274 e. The molecule has 2 heterocycles. The molecule has 1 aromatic heterocycles. The Morgan fingerprint density at radius 2 is 1.55 bits per heavy atom. The minimum absolute atomic E-state index is 0.156. The molecule has 1 saturated heterocycles. The molecule has 1 aliphatic carbocycles. The van der Waals surface area contributed by atoms with Crippen LogP contribution in [0.15, 0.2) is 73.1 Å². The summed E-state index contributed by atoms with van der Waals surface area (Å²) in [5.41, 5.74) is 1.62. The van der Waals surface area contributed by atoms with Crippen molar-refractivity contribution in [2.75, 3.05) is 4.90 Å². The van der Waals surface area contributed by atoms with Crippen LogP contribution in [0.25, 0.3) is 0 Å². The lowest BCUT2D eigenvalue weighted by Gasteiger charge is -2.23. The molecule has 5 rings (SSSR count). The van der Waals surface area contributed by atoms with Gasteiger partial charge >= 0.3 is 0 Å². The molecule has 2 aliphatic rings. The second-order valence-electron chi connectivity index (χ2n) is 7.55. The summed E-state index contributed by atoms with van der Waals surface area (Å²) in [6.07, 6.45) is 3.90. The molecule has 2 fully saturated rings. The molecule has 3 aromatic rings. The normalized spacial score (nSPS) is 25.2. The van der Waals surface area contributed by atoms with Crippen molar-refractivity contribution >= 4 is 40.7 Å². The standard InChI is InChI=1S/C23H16Cl2N2O2/c24-16-10-17(25)12-18(11-16)27-21(28)20-19(15-6-8-26-9-7-15)23(20,22(27)29)13-14-4-2-1-3-5-14/h1-12,19-20H,13H2/t19-,20-,23-/m0/s1. The van der Waals surface area contributed by atoms with Crippen LogP contribution in [-0.2, 0) is 16.0 Å². The summed E-state index contributed by atoms with van der Waals surface area (Å²) in [4.78, 5) is 32.4. The topological polar surface area (TPSA) is 50.3 Å². The number of benzene rings is 2. The number of aromatic nitrogens is 1. The number of anilines is 1. The predicted molar refractivity (Wildman–Crippen MR) is 112 cm³/mol. The van der Waals surface area contributed by atoms with Gasteiger partial charge in [0.15, 0.2) is 0 Å². The Balaban J connectivity index is 1.59. The van der Waals surface area contributed by atoms with E-state index in [1.54, 1.807) is 30.6 Å². The smallest absolute Gasteiger partial charge is 0.241 e. The number of fused-ring (bicyclic) bond motifs is 1. The molecule has 29 heavy (non-hydrogen) atoms. The van der Waals surface area contributed by atoms with E-state index in [2.05, 4.69) is 4.98 Å². The maximum atomic E-state index is 13.7. The molecule has 2 amide bonds. The number of carbonyl (C=O) groups excluding carboxylic acids is 2. The number of carbonyl (C=O) groups is 2. The lowest BCUT2D eigenvalue weighted by Crippen LogP contribution is -2.37. The van der Waals surface area contributed by atoms with Crippen molar-refractivity contribution in [1.82, 2.24) is 4.98 Å². The van der Waals surface area contributed by atoms with E-state index >= 15 is 0 Å². The summed E-state index contributed by atoms with van der Waals surface area (Å²) in [6.45, 7) is 0. The monoisotopic (exact) mass is 422 g/mol. The fourth-order valence-electron chi connectivity index (χ4n) is 4.72. The number of hydrogen-bond donors (Lipinski definition) is 0. The number of piperidine rings is 1. The maximum Gasteiger partial charge on any atom is 0.241 e. The molecular formula is C23H16Cl2N2O2. The van der Waals surface area contributed by atoms with Gasteiger partial charge < -0.3 is 0 Å². The highest BCUT2D eigenvalue weighted by Gasteiger charge is 2.79. The summed E-state index contributed by atoms with van der Waals surface area (Å²) in [5, 5.41) is 0.771. The van der Waals surface area contributed by atoms with Gasteiger partial charge in [0.05, 0.1) is 17.0 Å². The Kier molecular flexibility index (Phi) is 4.23. The van der Waals surface area contributed by atoms with Gasteiger partial charge in [-0.2, -0.15) is 0 Å². The van der Waals surface area contributed by atoms with Crippen molar-refractivity contribution in [1.29, 1.82) is 0 Å². The first-order chi connectivity index (χ1) is 14.0. The number of amides is 2. The van der Waals surface area contributed by atoms with E-state index in [-0.39, 0.29) is 17.7 Å². The van der Waals surface area contributed by atoms with Crippen LogP contribution in [0.1, 0.15) is 17.0 Å². The second kappa shape index (κ2) is 6.68. The van der Waals surface area contributed by atoms with Gasteiger partial charge in [0.2, 0.25) is 11.8 Å². The van der Waals surface area contributed by atoms with Gasteiger partial charge in [-0.15, -0.1) is 0 Å². The molecule has 4 nitrogen and oxygen atoms in total. The largest absolute Gasteiger partial charge is 0.274 e. The average Bonchev–Trinajstić information content (AvgIpc) is 3.32. The zero-order valence-corrected chi connectivity index (χ0v) is 16.8. The molecular weight excluding hydrogens is 407 g/mol. The van der Waals surface area contributed by atoms with E-state index < -0.39 is 11.3 Å². The summed E-state index contributed by atoms with van der Waals surface area (Å²) in [7, 11) is 0. The lowest BCUT2D eigenvalue weighted by atomic mass is 9.90. The van der Waals surface area contributed by atoms with E-state index in [4.69, 9.17) is 23.2 Å². The van der Waals surface area contributed by atoms with Crippen molar-refractivity contribution in [2.45, 2.75) is 12.3 Å². The van der Waals surface area contributed by atoms with Crippen LogP contribution in [0.2, 0.25) is 10.0 Å². The van der Waals surface area contributed by atoms with Crippen molar-refractivity contribution in [3.8, 4) is 0 Å². The molecule has 0 bridgehead atoms. The lowest BCUT2D eigenvalue weighted by molar-refractivity contribution is -0.125. The van der Waals surface area contributed by atoms with Gasteiger partial charge in [0.1, 0.15) is 0 Å². The highest BCUT2D eigenvalue weighted by atomic mass is 35.5. The van der Waals surface area contributed by atoms with Crippen LogP contribution in [0.4, 0.5) is 5.69 Å². The first-order valence-corrected chi connectivity index (χ1v) is 10.1. The van der Waals surface area contributed by atoms with Crippen molar-refractivity contribution < 1.29 is 9.59 Å². The minimum atomic E-state index is -0.797. The van der Waals surface area contributed by atoms with Gasteiger partial charge in [-0.05, 0) is 47.9 Å². The molecule has 6 heteroatoms. The van der Waals surface area contributed by atoms with Gasteiger partial charge in [-0.25, -0.2) is 4.90 Å². The molecule has 0 spiro atoms. The van der Waals surface area contributed by atoms with Crippen LogP contribution in [0.5, 0.6) is 0 Å². The maximum absolute atomic E-state index is 13.7. The number of rotatable bonds is 4. The highest BCUT2D eigenvalue weighted by molar-refractivity contribution is 6.36. The fraction of sp³-hybridized carbons (Fsp3) is 0.174. The van der Waals surface area contributed by atoms with Crippen LogP contribution in [0.3, 0.4) is 0 Å².